The molecule has 0 saturated heterocycles. The summed E-state index contributed by atoms with van der Waals surface area (Å²) in [6.07, 6.45) is -4.10. The first kappa shape index (κ1) is 28.3. The molecule has 0 spiro atoms. The van der Waals surface area contributed by atoms with Crippen LogP contribution < -0.4 is 10.1 Å². The molecular weight excluding hydrogens is 535 g/mol. The number of sulfone groups is 1. The number of hydrogen-bond donors (Lipinski definition) is 2. The van der Waals surface area contributed by atoms with Crippen molar-refractivity contribution in [2.45, 2.75) is 35.5 Å². The Balaban J connectivity index is 1.45. The lowest BCUT2D eigenvalue weighted by Gasteiger charge is -2.09. The number of thioether (sulfide) groups is 1. The topological polar surface area (TPSA) is 92.7 Å². The molecule has 1 heterocycles. The normalized spacial score (nSPS) is 12.2. The molecule has 12 heteroatoms. The Morgan fingerprint density at radius 1 is 1.14 bits per heavy atom. The number of ether oxygens (including phenoxy) is 1. The van der Waals surface area contributed by atoms with Gasteiger partial charge in [0.1, 0.15) is 9.96 Å². The van der Waals surface area contributed by atoms with E-state index in [0.29, 0.717) is 40.9 Å². The summed E-state index contributed by atoms with van der Waals surface area (Å²) in [6.45, 7) is 4.14. The van der Waals surface area contributed by atoms with Gasteiger partial charge in [0, 0.05) is 21.9 Å². The fourth-order valence-electron chi connectivity index (χ4n) is 3.53. The number of carboxylic acid groups (broad SMARTS) is 1. The molecule has 3 aromatic rings. The lowest BCUT2D eigenvalue weighted by molar-refractivity contribution is -0.139. The highest BCUT2D eigenvalue weighted by molar-refractivity contribution is 7.99. The maximum Gasteiger partial charge on any atom is 0.416 e. The number of carbonyl (C=O) groups is 1. The molecule has 0 aliphatic carbocycles. The minimum atomic E-state index is -4.48. The first-order valence-corrected chi connectivity index (χ1v) is 14.5. The molecule has 6 nitrogen and oxygen atoms in total. The second-order valence-electron chi connectivity index (χ2n) is 8.10. The average molecular weight is 562 g/mol. The Morgan fingerprint density at radius 2 is 1.89 bits per heavy atom. The van der Waals surface area contributed by atoms with Gasteiger partial charge in [-0.3, -0.25) is 0 Å². The molecular formula is C24H26F3NO5S3. The largest absolute Gasteiger partial charge is 0.482 e. The van der Waals surface area contributed by atoms with Gasteiger partial charge in [0.25, 0.3) is 0 Å². The zero-order valence-corrected chi connectivity index (χ0v) is 22.1. The molecule has 0 bridgehead atoms. The van der Waals surface area contributed by atoms with Crippen LogP contribution in [0.15, 0.2) is 45.5 Å². The summed E-state index contributed by atoms with van der Waals surface area (Å²) in [4.78, 5) is 11.6. The molecule has 0 radical (unpaired) electrons. The summed E-state index contributed by atoms with van der Waals surface area (Å²) < 4.78 is 70.6. The summed E-state index contributed by atoms with van der Waals surface area (Å²) in [6, 6.07) is 8.81. The third kappa shape index (κ3) is 7.37. The summed E-state index contributed by atoms with van der Waals surface area (Å²) in [5, 5.41) is 12.2. The van der Waals surface area contributed by atoms with Crippen molar-refractivity contribution in [3.05, 3.63) is 53.1 Å². The van der Waals surface area contributed by atoms with E-state index in [1.165, 1.54) is 6.07 Å². The van der Waals surface area contributed by atoms with Gasteiger partial charge in [-0.1, -0.05) is 0 Å². The van der Waals surface area contributed by atoms with E-state index in [0.717, 1.165) is 39.7 Å². The first-order valence-electron chi connectivity index (χ1n) is 11.0. The Labute approximate surface area is 215 Å². The van der Waals surface area contributed by atoms with Gasteiger partial charge in [-0.15, -0.1) is 23.1 Å². The lowest BCUT2D eigenvalue weighted by Crippen LogP contribution is -2.21. The van der Waals surface area contributed by atoms with E-state index < -0.39 is 34.2 Å². The van der Waals surface area contributed by atoms with Gasteiger partial charge in [0.15, 0.2) is 16.4 Å². The van der Waals surface area contributed by atoms with Crippen LogP contribution in [0.2, 0.25) is 0 Å². The number of halogens is 3. The lowest BCUT2D eigenvalue weighted by atomic mass is 10.1. The minimum Gasteiger partial charge on any atom is -0.482 e. The maximum atomic E-state index is 13.0. The number of thiophene rings is 1. The van der Waals surface area contributed by atoms with E-state index in [-0.39, 0.29) is 9.96 Å². The van der Waals surface area contributed by atoms with E-state index in [4.69, 9.17) is 9.84 Å². The molecule has 0 amide bonds. The molecule has 36 heavy (non-hydrogen) atoms. The predicted octanol–water partition coefficient (Wildman–Crippen LogP) is 5.55. The van der Waals surface area contributed by atoms with E-state index in [9.17, 15) is 26.4 Å². The molecule has 2 N–H and O–H groups in total. The third-order valence-electron chi connectivity index (χ3n) is 5.31. The van der Waals surface area contributed by atoms with Gasteiger partial charge < -0.3 is 15.2 Å². The van der Waals surface area contributed by atoms with Gasteiger partial charge in [-0.2, -0.15) is 13.2 Å². The van der Waals surface area contributed by atoms with Crippen LogP contribution >= 0.6 is 23.1 Å². The molecule has 1 aromatic heterocycles. The maximum absolute atomic E-state index is 13.0. The zero-order chi connectivity index (χ0) is 26.5. The van der Waals surface area contributed by atoms with E-state index >= 15 is 0 Å². The predicted molar refractivity (Wildman–Crippen MR) is 136 cm³/mol. The van der Waals surface area contributed by atoms with Crippen molar-refractivity contribution in [3.8, 4) is 5.75 Å². The van der Waals surface area contributed by atoms with Gasteiger partial charge in [-0.25, -0.2) is 13.2 Å². The van der Waals surface area contributed by atoms with Crippen LogP contribution in [-0.4, -0.2) is 50.7 Å². The number of rotatable bonds is 12. The van der Waals surface area contributed by atoms with Crippen molar-refractivity contribution in [2.24, 2.45) is 0 Å². The standard InChI is InChI=1S/C24H26F3NO5S3/c1-15-12-18(5-6-20(15)33-14-22(29)30)34-10-9-28-8-3-11-36(31,32)23-16(2)19-13-17(24(25,26)27)4-7-21(19)35-23/h4-7,12-13,28H,3,8-11,14H2,1-2H3,(H,29,30). The second kappa shape index (κ2) is 11.8. The number of fused-ring (bicyclic) bond motifs is 1. The van der Waals surface area contributed by atoms with Gasteiger partial charge in [-0.05, 0) is 79.7 Å². The molecule has 0 aliphatic rings. The van der Waals surface area contributed by atoms with Crippen molar-refractivity contribution >= 4 is 49.0 Å². The molecule has 0 saturated carbocycles. The Bertz CT molecular complexity index is 1340. The Morgan fingerprint density at radius 3 is 2.56 bits per heavy atom. The zero-order valence-electron chi connectivity index (χ0n) is 19.6. The van der Waals surface area contributed by atoms with Gasteiger partial charge in [0.05, 0.1) is 11.3 Å². The molecule has 0 atom stereocenters. The van der Waals surface area contributed by atoms with E-state index in [2.05, 4.69) is 5.32 Å². The average Bonchev–Trinajstić information content (AvgIpc) is 3.14. The highest BCUT2D eigenvalue weighted by Gasteiger charge is 2.31. The summed E-state index contributed by atoms with van der Waals surface area (Å²) in [5.74, 6) is 0.142. The van der Waals surface area contributed by atoms with Crippen LogP contribution in [0, 0.1) is 13.8 Å². The van der Waals surface area contributed by atoms with Crippen molar-refractivity contribution in [3.63, 3.8) is 0 Å². The van der Waals surface area contributed by atoms with Crippen molar-refractivity contribution in [1.29, 1.82) is 0 Å². The van der Waals surface area contributed by atoms with Crippen LogP contribution in [0.3, 0.4) is 0 Å². The third-order valence-corrected chi connectivity index (χ3v) is 10.1. The highest BCUT2D eigenvalue weighted by Crippen LogP contribution is 2.38. The summed E-state index contributed by atoms with van der Waals surface area (Å²) in [5.41, 5.74) is 0.408. The molecule has 3 rings (SSSR count). The van der Waals surface area contributed by atoms with Crippen LogP contribution in [0.5, 0.6) is 5.75 Å². The SMILES string of the molecule is Cc1cc(SCCNCCCS(=O)(=O)c2sc3ccc(C(F)(F)F)cc3c2C)ccc1OCC(=O)O. The van der Waals surface area contributed by atoms with Crippen LogP contribution in [0.25, 0.3) is 10.1 Å². The summed E-state index contributed by atoms with van der Waals surface area (Å²) >= 11 is 2.61. The molecule has 0 unspecified atom stereocenters. The number of nitrogens with one attached hydrogen (secondary N) is 1. The van der Waals surface area contributed by atoms with Crippen LogP contribution in [0.4, 0.5) is 13.2 Å². The number of carboxylic acids is 1. The second-order valence-corrected chi connectivity index (χ2v) is 12.6. The number of hydrogen-bond acceptors (Lipinski definition) is 7. The monoisotopic (exact) mass is 561 g/mol. The minimum absolute atomic E-state index is 0.0933. The van der Waals surface area contributed by atoms with E-state index in [1.54, 1.807) is 24.8 Å². The fourth-order valence-corrected chi connectivity index (χ4v) is 7.67. The van der Waals surface area contributed by atoms with Crippen LogP contribution in [0.1, 0.15) is 23.1 Å². The number of aryl methyl sites for hydroxylation is 2. The highest BCUT2D eigenvalue weighted by atomic mass is 32.2. The molecule has 0 fully saturated rings. The smallest absolute Gasteiger partial charge is 0.416 e. The number of benzene rings is 2. The molecule has 196 valence electrons. The van der Waals surface area contributed by atoms with Gasteiger partial charge >= 0.3 is 12.1 Å². The molecule has 0 aliphatic heterocycles. The van der Waals surface area contributed by atoms with Crippen LogP contribution in [-0.2, 0) is 20.8 Å². The van der Waals surface area contributed by atoms with Crippen molar-refractivity contribution in [1.82, 2.24) is 5.32 Å². The summed E-state index contributed by atoms with van der Waals surface area (Å²) in [7, 11) is -3.61. The van der Waals surface area contributed by atoms with Crippen molar-refractivity contribution < 1.29 is 36.2 Å². The Kier molecular flexibility index (Phi) is 9.31. The quantitative estimate of drug-likeness (QED) is 0.221. The van der Waals surface area contributed by atoms with Crippen molar-refractivity contribution in [2.75, 3.05) is 31.2 Å². The number of alkyl halides is 3. The fraction of sp³-hybridized carbons (Fsp3) is 0.375. The van der Waals surface area contributed by atoms with Gasteiger partial charge in [0.2, 0.25) is 0 Å². The Hall–Kier alpha value is -2.28. The molecule has 2 aromatic carbocycles. The first-order chi connectivity index (χ1) is 16.9. The van der Waals surface area contributed by atoms with E-state index in [1.807, 2.05) is 19.1 Å². The number of aliphatic carboxylic acids is 1.